The monoisotopic (exact) mass is 226 g/mol. The molecule has 2 rings (SSSR count). The molecule has 5 nitrogen and oxygen atoms in total. The Morgan fingerprint density at radius 3 is 2.31 bits per heavy atom. The molecule has 5 heteroatoms. The highest BCUT2D eigenvalue weighted by Gasteiger charge is 2.47. The molecule has 1 saturated heterocycles. The number of fused-ring (bicyclic) bond motifs is 1. The summed E-state index contributed by atoms with van der Waals surface area (Å²) in [6.07, 6.45) is 0.0323. The van der Waals surface area contributed by atoms with Crippen LogP contribution >= 0.6 is 0 Å². The summed E-state index contributed by atoms with van der Waals surface area (Å²) >= 11 is 0. The summed E-state index contributed by atoms with van der Waals surface area (Å²) in [5, 5.41) is 2.59. The molecule has 2 unspecified atom stereocenters. The fourth-order valence-electron chi connectivity index (χ4n) is 2.02. The Kier molecular flexibility index (Phi) is 2.56. The molecule has 0 aromatic rings. The van der Waals surface area contributed by atoms with Gasteiger partial charge in [0.1, 0.15) is 0 Å². The Balaban J connectivity index is 1.76. The zero-order chi connectivity index (χ0) is 11.9. The van der Waals surface area contributed by atoms with Gasteiger partial charge >= 0.3 is 12.2 Å². The quantitative estimate of drug-likeness (QED) is 0.638. The van der Waals surface area contributed by atoms with Gasteiger partial charge in [-0.3, -0.25) is 0 Å². The second kappa shape index (κ2) is 3.64. The molecule has 0 aromatic heterocycles. The van der Waals surface area contributed by atoms with E-state index in [1.807, 2.05) is 20.8 Å². The van der Waals surface area contributed by atoms with E-state index < -0.39 is 12.2 Å². The number of amides is 2. The molecular weight excluding hydrogens is 208 g/mol. The maximum absolute atomic E-state index is 11.6. The van der Waals surface area contributed by atoms with Crippen LogP contribution in [0.5, 0.6) is 0 Å². The van der Waals surface area contributed by atoms with Gasteiger partial charge in [0.2, 0.25) is 0 Å². The lowest BCUT2D eigenvalue weighted by molar-refractivity contribution is 0.117. The first kappa shape index (κ1) is 11.2. The van der Waals surface area contributed by atoms with E-state index in [1.54, 1.807) is 4.90 Å². The van der Waals surface area contributed by atoms with Crippen LogP contribution in [0.4, 0.5) is 9.59 Å². The summed E-state index contributed by atoms with van der Waals surface area (Å²) < 4.78 is 4.72. The number of rotatable bonds is 0. The van der Waals surface area contributed by atoms with E-state index in [2.05, 4.69) is 5.32 Å². The van der Waals surface area contributed by atoms with Gasteiger partial charge in [-0.25, -0.2) is 9.59 Å². The molecule has 2 amide bonds. The van der Waals surface area contributed by atoms with Crippen molar-refractivity contribution in [2.45, 2.75) is 32.7 Å². The van der Waals surface area contributed by atoms with Crippen LogP contribution in [0.2, 0.25) is 0 Å². The zero-order valence-corrected chi connectivity index (χ0v) is 9.95. The average molecular weight is 226 g/mol. The number of likely N-dealkylation sites (tertiary alicyclic amines) is 1. The van der Waals surface area contributed by atoms with E-state index in [1.165, 1.54) is 6.42 Å². The van der Waals surface area contributed by atoms with Crippen molar-refractivity contribution in [3.05, 3.63) is 0 Å². The Morgan fingerprint density at radius 1 is 1.25 bits per heavy atom. The normalized spacial score (nSPS) is 27.3. The highest BCUT2D eigenvalue weighted by atomic mass is 16.6. The van der Waals surface area contributed by atoms with Crippen LogP contribution in [0.3, 0.4) is 0 Å². The van der Waals surface area contributed by atoms with Gasteiger partial charge in [-0.15, -0.1) is 0 Å². The lowest BCUT2D eigenvalue weighted by atomic mass is 10.1. The lowest BCUT2D eigenvalue weighted by Crippen LogP contribution is -2.43. The SMILES string of the molecule is CC(C)(C)NC(=O)OC(=O)N1CC2CC2C1. The van der Waals surface area contributed by atoms with Crippen LogP contribution in [0.15, 0.2) is 0 Å². The molecule has 0 bridgehead atoms. The fraction of sp³-hybridized carbons (Fsp3) is 0.818. The second-order valence-electron chi connectivity index (χ2n) is 5.69. The van der Waals surface area contributed by atoms with E-state index in [4.69, 9.17) is 4.74 Å². The van der Waals surface area contributed by atoms with Gasteiger partial charge in [-0.05, 0) is 39.0 Å². The molecule has 0 aromatic carbocycles. The van der Waals surface area contributed by atoms with Crippen molar-refractivity contribution in [3.63, 3.8) is 0 Å². The van der Waals surface area contributed by atoms with Gasteiger partial charge in [0.25, 0.3) is 0 Å². The number of carbonyl (C=O) groups excluding carboxylic acids is 2. The second-order valence-corrected chi connectivity index (χ2v) is 5.69. The van der Waals surface area contributed by atoms with Crippen molar-refractivity contribution in [1.29, 1.82) is 0 Å². The third kappa shape index (κ3) is 2.65. The van der Waals surface area contributed by atoms with Crippen LogP contribution in [-0.4, -0.2) is 35.7 Å². The minimum atomic E-state index is -0.668. The summed E-state index contributed by atoms with van der Waals surface area (Å²) in [7, 11) is 0. The van der Waals surface area contributed by atoms with Crippen molar-refractivity contribution in [2.24, 2.45) is 11.8 Å². The molecule has 1 heterocycles. The number of carbonyl (C=O) groups is 2. The number of nitrogens with zero attached hydrogens (tertiary/aromatic N) is 1. The van der Waals surface area contributed by atoms with E-state index in [9.17, 15) is 9.59 Å². The van der Waals surface area contributed by atoms with Gasteiger partial charge in [0.15, 0.2) is 0 Å². The van der Waals surface area contributed by atoms with E-state index in [-0.39, 0.29) is 5.54 Å². The summed E-state index contributed by atoms with van der Waals surface area (Å²) in [6.45, 7) is 7.00. The highest BCUT2D eigenvalue weighted by molar-refractivity contribution is 5.84. The maximum atomic E-state index is 11.6. The van der Waals surface area contributed by atoms with Crippen molar-refractivity contribution in [1.82, 2.24) is 10.2 Å². The number of ether oxygens (including phenoxy) is 1. The highest BCUT2D eigenvalue weighted by Crippen LogP contribution is 2.44. The van der Waals surface area contributed by atoms with Gasteiger partial charge in [-0.2, -0.15) is 0 Å². The predicted molar refractivity (Wildman–Crippen MR) is 57.9 cm³/mol. The Hall–Kier alpha value is -1.26. The molecule has 2 aliphatic rings. The molecule has 2 fully saturated rings. The number of hydrogen-bond donors (Lipinski definition) is 1. The third-order valence-corrected chi connectivity index (χ3v) is 2.89. The Bertz CT molecular complexity index is 312. The first-order valence-corrected chi connectivity index (χ1v) is 5.64. The largest absolute Gasteiger partial charge is 0.418 e. The smallest absolute Gasteiger partial charge is 0.359 e. The van der Waals surface area contributed by atoms with E-state index in [0.717, 1.165) is 13.1 Å². The molecular formula is C11H18N2O3. The molecule has 2 atom stereocenters. The minimum Gasteiger partial charge on any atom is -0.359 e. The Labute approximate surface area is 95.1 Å². The van der Waals surface area contributed by atoms with Gasteiger partial charge < -0.3 is 15.0 Å². The number of alkyl carbamates (subject to hydrolysis) is 1. The summed E-state index contributed by atoms with van der Waals surface area (Å²) in [5.41, 5.74) is -0.384. The summed E-state index contributed by atoms with van der Waals surface area (Å²) in [5.74, 6) is 1.30. The first-order valence-electron chi connectivity index (χ1n) is 5.64. The molecule has 0 radical (unpaired) electrons. The van der Waals surface area contributed by atoms with Crippen LogP contribution in [0, 0.1) is 11.8 Å². The lowest BCUT2D eigenvalue weighted by Gasteiger charge is -2.21. The molecule has 1 N–H and O–H groups in total. The van der Waals surface area contributed by atoms with Crippen LogP contribution in [0.1, 0.15) is 27.2 Å². The van der Waals surface area contributed by atoms with Crippen molar-refractivity contribution in [3.8, 4) is 0 Å². The molecule has 0 spiro atoms. The topological polar surface area (TPSA) is 58.6 Å². The van der Waals surface area contributed by atoms with Crippen LogP contribution < -0.4 is 5.32 Å². The molecule has 1 saturated carbocycles. The van der Waals surface area contributed by atoms with Gasteiger partial charge in [-0.1, -0.05) is 0 Å². The van der Waals surface area contributed by atoms with E-state index in [0.29, 0.717) is 11.8 Å². The van der Waals surface area contributed by atoms with Gasteiger partial charge in [0, 0.05) is 18.6 Å². The summed E-state index contributed by atoms with van der Waals surface area (Å²) in [4.78, 5) is 24.5. The van der Waals surface area contributed by atoms with Crippen molar-refractivity contribution >= 4 is 12.2 Å². The summed E-state index contributed by atoms with van der Waals surface area (Å²) in [6, 6.07) is 0. The molecule has 1 aliphatic carbocycles. The number of hydrogen-bond acceptors (Lipinski definition) is 3. The third-order valence-electron chi connectivity index (χ3n) is 2.89. The van der Waals surface area contributed by atoms with Crippen LogP contribution in [-0.2, 0) is 4.74 Å². The fourth-order valence-corrected chi connectivity index (χ4v) is 2.02. The molecule has 16 heavy (non-hydrogen) atoms. The van der Waals surface area contributed by atoms with Crippen molar-refractivity contribution < 1.29 is 14.3 Å². The van der Waals surface area contributed by atoms with Gasteiger partial charge in [0.05, 0.1) is 0 Å². The molecule has 1 aliphatic heterocycles. The van der Waals surface area contributed by atoms with E-state index >= 15 is 0 Å². The van der Waals surface area contributed by atoms with Crippen molar-refractivity contribution in [2.75, 3.05) is 13.1 Å². The predicted octanol–water partition coefficient (Wildman–Crippen LogP) is 1.58. The van der Waals surface area contributed by atoms with Crippen LogP contribution in [0.25, 0.3) is 0 Å². The maximum Gasteiger partial charge on any atom is 0.418 e. The Morgan fingerprint density at radius 2 is 1.81 bits per heavy atom. The number of piperidine rings is 1. The first-order chi connectivity index (χ1) is 7.35. The number of nitrogens with one attached hydrogen (secondary N) is 1. The minimum absolute atomic E-state index is 0.384. The standard InChI is InChI=1S/C11H18N2O3/c1-11(2,3)12-9(14)16-10(15)13-5-7-4-8(7)6-13/h7-8H,4-6H2,1-3H3,(H,12,14). The average Bonchev–Trinajstić information content (AvgIpc) is 2.70. The molecule has 90 valence electrons. The zero-order valence-electron chi connectivity index (χ0n) is 9.95.